The quantitative estimate of drug-likeness (QED) is 0.772. The molecule has 2 nitrogen and oxygen atoms in total. The van der Waals surface area contributed by atoms with Crippen molar-refractivity contribution in [2.45, 2.75) is 38.8 Å². The molecule has 0 aliphatic rings. The molecule has 2 atom stereocenters. The van der Waals surface area contributed by atoms with Gasteiger partial charge < -0.3 is 10.8 Å². The van der Waals surface area contributed by atoms with E-state index >= 15 is 0 Å². The van der Waals surface area contributed by atoms with Crippen molar-refractivity contribution in [3.63, 3.8) is 0 Å². The molecule has 3 N–H and O–H groups in total. The first-order valence-electron chi connectivity index (χ1n) is 5.02. The van der Waals surface area contributed by atoms with Gasteiger partial charge in [-0.2, -0.15) is 0 Å². The Bertz CT molecular complexity index is 307. The summed E-state index contributed by atoms with van der Waals surface area (Å²) in [5, 5.41) is 10.0. The maximum absolute atomic E-state index is 10.0. The topological polar surface area (TPSA) is 46.2 Å². The van der Waals surface area contributed by atoms with Gasteiger partial charge in [-0.05, 0) is 31.4 Å². The van der Waals surface area contributed by atoms with E-state index in [0.29, 0.717) is 6.42 Å². The first-order chi connectivity index (χ1) is 6.49. The van der Waals surface area contributed by atoms with Gasteiger partial charge >= 0.3 is 0 Å². The Morgan fingerprint density at radius 3 is 2.50 bits per heavy atom. The maximum atomic E-state index is 10.0. The minimum absolute atomic E-state index is 0.311. The van der Waals surface area contributed by atoms with Gasteiger partial charge in [0.25, 0.3) is 0 Å². The van der Waals surface area contributed by atoms with Gasteiger partial charge in [0, 0.05) is 0 Å². The predicted molar refractivity (Wildman–Crippen MR) is 59.0 cm³/mol. The molecule has 0 amide bonds. The molecule has 78 valence electrons. The highest BCUT2D eigenvalue weighted by molar-refractivity contribution is 5.30. The number of hydrogen-bond donors (Lipinski definition) is 2. The summed E-state index contributed by atoms with van der Waals surface area (Å²) in [6.45, 7) is 5.74. The van der Waals surface area contributed by atoms with Gasteiger partial charge in [0.05, 0.1) is 11.6 Å². The molecular weight excluding hydrogens is 174 g/mol. The number of hydrogen-bond acceptors (Lipinski definition) is 2. The van der Waals surface area contributed by atoms with Crippen LogP contribution in [0.5, 0.6) is 0 Å². The van der Waals surface area contributed by atoms with Crippen LogP contribution in [-0.2, 0) is 0 Å². The van der Waals surface area contributed by atoms with Gasteiger partial charge in [0.15, 0.2) is 0 Å². The van der Waals surface area contributed by atoms with Crippen molar-refractivity contribution in [2.24, 2.45) is 5.73 Å². The van der Waals surface area contributed by atoms with E-state index in [0.717, 1.165) is 11.1 Å². The van der Waals surface area contributed by atoms with E-state index in [9.17, 15) is 5.11 Å². The summed E-state index contributed by atoms with van der Waals surface area (Å²) in [6, 6.07) is 7.61. The molecule has 0 fully saturated rings. The lowest BCUT2D eigenvalue weighted by atomic mass is 9.87. The molecule has 1 rings (SSSR count). The van der Waals surface area contributed by atoms with E-state index in [-0.39, 0.29) is 6.04 Å². The number of nitrogens with two attached hydrogens (primary N) is 1. The van der Waals surface area contributed by atoms with Crippen LogP contribution in [0.1, 0.15) is 37.4 Å². The summed E-state index contributed by atoms with van der Waals surface area (Å²) >= 11 is 0. The summed E-state index contributed by atoms with van der Waals surface area (Å²) in [4.78, 5) is 0. The second-order valence-electron chi connectivity index (χ2n) is 4.04. The van der Waals surface area contributed by atoms with Crippen LogP contribution in [0.3, 0.4) is 0 Å². The average molecular weight is 193 g/mol. The first kappa shape index (κ1) is 11.2. The minimum Gasteiger partial charge on any atom is -0.388 e. The summed E-state index contributed by atoms with van der Waals surface area (Å²) in [7, 11) is 0. The highest BCUT2D eigenvalue weighted by Crippen LogP contribution is 2.27. The number of aliphatic hydroxyl groups is 1. The van der Waals surface area contributed by atoms with Crippen molar-refractivity contribution < 1.29 is 5.11 Å². The fourth-order valence-corrected chi connectivity index (χ4v) is 1.49. The van der Waals surface area contributed by atoms with E-state index in [2.05, 4.69) is 0 Å². The number of aryl methyl sites for hydroxylation is 1. The second-order valence-corrected chi connectivity index (χ2v) is 4.04. The van der Waals surface area contributed by atoms with E-state index in [4.69, 9.17) is 5.73 Å². The number of rotatable bonds is 3. The summed E-state index contributed by atoms with van der Waals surface area (Å²) in [6.07, 6.45) is 0.655. The zero-order chi connectivity index (χ0) is 10.8. The van der Waals surface area contributed by atoms with E-state index in [1.807, 2.05) is 38.1 Å². The molecule has 2 heteroatoms. The van der Waals surface area contributed by atoms with E-state index in [1.54, 1.807) is 6.92 Å². The third-order valence-corrected chi connectivity index (χ3v) is 2.91. The van der Waals surface area contributed by atoms with Crippen molar-refractivity contribution >= 4 is 0 Å². The van der Waals surface area contributed by atoms with Crippen LogP contribution in [0.25, 0.3) is 0 Å². The molecule has 0 saturated heterocycles. The fraction of sp³-hybridized carbons (Fsp3) is 0.500. The van der Waals surface area contributed by atoms with Crippen LogP contribution in [-0.4, -0.2) is 10.7 Å². The van der Waals surface area contributed by atoms with Crippen LogP contribution in [0, 0.1) is 6.92 Å². The number of benzene rings is 1. The lowest BCUT2D eigenvalue weighted by molar-refractivity contribution is 0.0282. The average Bonchev–Trinajstić information content (AvgIpc) is 2.17. The maximum Gasteiger partial charge on any atom is 0.0809 e. The molecule has 0 aliphatic carbocycles. The van der Waals surface area contributed by atoms with Crippen molar-refractivity contribution in [3.8, 4) is 0 Å². The SMILES string of the molecule is CCC(C)(O)C(N)c1ccccc1C. The molecule has 0 aromatic heterocycles. The molecular formula is C12H19NO. The minimum atomic E-state index is -0.827. The Kier molecular flexibility index (Phi) is 3.29. The summed E-state index contributed by atoms with van der Waals surface area (Å²) in [5.41, 5.74) is 7.37. The Hall–Kier alpha value is -0.860. The first-order valence-corrected chi connectivity index (χ1v) is 5.02. The molecule has 1 aromatic carbocycles. The molecule has 14 heavy (non-hydrogen) atoms. The summed E-state index contributed by atoms with van der Waals surface area (Å²) in [5.74, 6) is 0. The van der Waals surface area contributed by atoms with Gasteiger partial charge in [-0.25, -0.2) is 0 Å². The summed E-state index contributed by atoms with van der Waals surface area (Å²) < 4.78 is 0. The van der Waals surface area contributed by atoms with Crippen LogP contribution >= 0.6 is 0 Å². The van der Waals surface area contributed by atoms with Crippen LogP contribution < -0.4 is 5.73 Å². The van der Waals surface area contributed by atoms with E-state index in [1.165, 1.54) is 0 Å². The van der Waals surface area contributed by atoms with Crippen molar-refractivity contribution in [3.05, 3.63) is 35.4 Å². The smallest absolute Gasteiger partial charge is 0.0809 e. The molecule has 0 bridgehead atoms. The third kappa shape index (κ3) is 2.14. The molecule has 0 heterocycles. The van der Waals surface area contributed by atoms with Crippen LogP contribution in [0.2, 0.25) is 0 Å². The molecule has 2 unspecified atom stereocenters. The van der Waals surface area contributed by atoms with Crippen LogP contribution in [0.15, 0.2) is 24.3 Å². The largest absolute Gasteiger partial charge is 0.388 e. The lowest BCUT2D eigenvalue weighted by Gasteiger charge is -2.30. The van der Waals surface area contributed by atoms with Gasteiger partial charge in [-0.15, -0.1) is 0 Å². The normalized spacial score (nSPS) is 17.5. The Balaban J connectivity index is 3.00. The predicted octanol–water partition coefficient (Wildman–Crippen LogP) is 2.16. The molecule has 0 radical (unpaired) electrons. The lowest BCUT2D eigenvalue weighted by Crippen LogP contribution is -2.37. The van der Waals surface area contributed by atoms with E-state index < -0.39 is 5.60 Å². The van der Waals surface area contributed by atoms with Crippen molar-refractivity contribution in [1.82, 2.24) is 0 Å². The third-order valence-electron chi connectivity index (χ3n) is 2.91. The fourth-order valence-electron chi connectivity index (χ4n) is 1.49. The zero-order valence-corrected chi connectivity index (χ0v) is 9.12. The standard InChI is InChI=1S/C12H19NO/c1-4-12(3,14)11(13)10-8-6-5-7-9(10)2/h5-8,11,14H,4,13H2,1-3H3. The molecule has 0 saturated carbocycles. The van der Waals surface area contributed by atoms with Gasteiger partial charge in [-0.3, -0.25) is 0 Å². The highest BCUT2D eigenvalue weighted by atomic mass is 16.3. The molecule has 0 aliphatic heterocycles. The Morgan fingerprint density at radius 2 is 2.00 bits per heavy atom. The van der Waals surface area contributed by atoms with Gasteiger partial charge in [0.2, 0.25) is 0 Å². The van der Waals surface area contributed by atoms with Crippen molar-refractivity contribution in [1.29, 1.82) is 0 Å². The molecule has 0 spiro atoms. The van der Waals surface area contributed by atoms with Crippen LogP contribution in [0.4, 0.5) is 0 Å². The Labute approximate surface area is 85.8 Å². The Morgan fingerprint density at radius 1 is 1.43 bits per heavy atom. The van der Waals surface area contributed by atoms with Gasteiger partial charge in [-0.1, -0.05) is 31.2 Å². The zero-order valence-electron chi connectivity index (χ0n) is 9.12. The monoisotopic (exact) mass is 193 g/mol. The molecule has 1 aromatic rings. The van der Waals surface area contributed by atoms with Crippen molar-refractivity contribution in [2.75, 3.05) is 0 Å². The van der Waals surface area contributed by atoms with Gasteiger partial charge in [0.1, 0.15) is 0 Å². The highest BCUT2D eigenvalue weighted by Gasteiger charge is 2.28. The second kappa shape index (κ2) is 4.11.